The van der Waals surface area contributed by atoms with Gasteiger partial charge >= 0.3 is 0 Å². The van der Waals surface area contributed by atoms with Gasteiger partial charge in [-0.15, -0.1) is 0 Å². The zero-order chi connectivity index (χ0) is 24.2. The minimum Gasteiger partial charge on any atom is -0.497 e. The molecule has 180 valence electrons. The van der Waals surface area contributed by atoms with Crippen LogP contribution in [-0.4, -0.2) is 54.3 Å². The van der Waals surface area contributed by atoms with E-state index in [4.69, 9.17) is 4.74 Å². The van der Waals surface area contributed by atoms with Crippen molar-refractivity contribution in [3.63, 3.8) is 0 Å². The van der Waals surface area contributed by atoms with Crippen molar-refractivity contribution < 1.29 is 17.9 Å². The number of hydrogen-bond donors (Lipinski definition) is 0. The highest BCUT2D eigenvalue weighted by Gasteiger charge is 2.34. The molecule has 1 atom stereocenters. The molecule has 1 aromatic heterocycles. The third-order valence-electron chi connectivity index (χ3n) is 6.23. The van der Waals surface area contributed by atoms with Crippen molar-refractivity contribution in [2.24, 2.45) is 5.92 Å². The third-order valence-corrected chi connectivity index (χ3v) is 8.27. The second-order valence-electron chi connectivity index (χ2n) is 8.37. The van der Waals surface area contributed by atoms with Gasteiger partial charge in [0.2, 0.25) is 15.9 Å². The summed E-state index contributed by atoms with van der Waals surface area (Å²) in [6.45, 7) is 6.40. The second kappa shape index (κ2) is 10.5. The molecule has 3 rings (SSSR count). The van der Waals surface area contributed by atoms with Gasteiger partial charge in [-0.1, -0.05) is 26.0 Å². The van der Waals surface area contributed by atoms with Crippen LogP contribution in [0.5, 0.6) is 5.75 Å². The van der Waals surface area contributed by atoms with Crippen molar-refractivity contribution in [2.75, 3.05) is 20.2 Å². The average molecular weight is 476 g/mol. The molecule has 1 aromatic carbocycles. The lowest BCUT2D eigenvalue weighted by atomic mass is 10.1. The first-order valence-corrected chi connectivity index (χ1v) is 12.8. The number of methoxy groups -OCH3 is 1. The number of pyridine rings is 1. The number of nitrogens with zero attached hydrogens (tertiary/aromatic N) is 3. The minimum atomic E-state index is -3.73. The van der Waals surface area contributed by atoms with E-state index in [2.05, 4.69) is 0 Å². The molecule has 8 nitrogen and oxygen atoms in total. The Morgan fingerprint density at radius 2 is 1.76 bits per heavy atom. The van der Waals surface area contributed by atoms with Gasteiger partial charge in [-0.05, 0) is 49.4 Å². The van der Waals surface area contributed by atoms with Gasteiger partial charge in [-0.2, -0.15) is 4.31 Å². The lowest BCUT2D eigenvalue weighted by molar-refractivity contribution is -0.135. The molecule has 0 N–H and O–H groups in total. The van der Waals surface area contributed by atoms with E-state index >= 15 is 0 Å². The van der Waals surface area contributed by atoms with Crippen molar-refractivity contribution in [2.45, 2.75) is 57.6 Å². The van der Waals surface area contributed by atoms with Gasteiger partial charge in [0.25, 0.3) is 5.56 Å². The lowest BCUT2D eigenvalue weighted by Gasteiger charge is -2.30. The van der Waals surface area contributed by atoms with Gasteiger partial charge < -0.3 is 14.2 Å². The molecule has 0 bridgehead atoms. The molecular formula is C24H33N3O5S. The standard InChI is InChI=1S/C24H33N3O5S/c1-5-26(6-2)33(30,31)22-13-14-23(28)25(16-22)17-24(29)27(18(3)20-9-10-20)15-19-7-11-21(32-4)12-8-19/h7-8,11-14,16,18,20H,5-6,9-10,15,17H2,1-4H3. The summed E-state index contributed by atoms with van der Waals surface area (Å²) in [5.41, 5.74) is 0.548. The molecule has 9 heteroatoms. The number of hydrogen-bond acceptors (Lipinski definition) is 5. The molecule has 1 heterocycles. The Labute approximate surface area is 195 Å². The van der Waals surface area contributed by atoms with E-state index in [-0.39, 0.29) is 23.4 Å². The highest BCUT2D eigenvalue weighted by Crippen LogP contribution is 2.36. The van der Waals surface area contributed by atoms with Gasteiger partial charge in [-0.25, -0.2) is 8.42 Å². The Balaban J connectivity index is 1.86. The topological polar surface area (TPSA) is 88.9 Å². The van der Waals surface area contributed by atoms with E-state index in [0.717, 1.165) is 24.2 Å². The summed E-state index contributed by atoms with van der Waals surface area (Å²) in [5.74, 6) is 0.965. The molecular weight excluding hydrogens is 442 g/mol. The van der Waals surface area contributed by atoms with E-state index < -0.39 is 15.6 Å². The number of sulfonamides is 1. The first kappa shape index (κ1) is 25.0. The Bertz CT molecular complexity index is 1120. The number of ether oxygens (including phenoxy) is 1. The predicted molar refractivity (Wildman–Crippen MR) is 127 cm³/mol. The fraction of sp³-hybridized carbons (Fsp3) is 0.500. The van der Waals surface area contributed by atoms with Crippen LogP contribution in [0.15, 0.2) is 52.3 Å². The van der Waals surface area contributed by atoms with Crippen molar-refractivity contribution in [1.29, 1.82) is 0 Å². The van der Waals surface area contributed by atoms with Crippen LogP contribution in [0.1, 0.15) is 39.2 Å². The molecule has 33 heavy (non-hydrogen) atoms. The maximum Gasteiger partial charge on any atom is 0.251 e. The van der Waals surface area contributed by atoms with E-state index in [1.54, 1.807) is 25.9 Å². The molecule has 1 aliphatic rings. The third kappa shape index (κ3) is 5.83. The van der Waals surface area contributed by atoms with Gasteiger partial charge in [0, 0.05) is 37.9 Å². The van der Waals surface area contributed by atoms with Crippen molar-refractivity contribution in [3.05, 3.63) is 58.5 Å². The van der Waals surface area contributed by atoms with Gasteiger partial charge in [-0.3, -0.25) is 9.59 Å². The van der Waals surface area contributed by atoms with E-state index in [0.29, 0.717) is 25.6 Å². The summed E-state index contributed by atoms with van der Waals surface area (Å²) >= 11 is 0. The molecule has 1 fully saturated rings. The van der Waals surface area contributed by atoms with Gasteiger partial charge in [0.1, 0.15) is 12.3 Å². The van der Waals surface area contributed by atoms with Gasteiger partial charge in [0.15, 0.2) is 0 Å². The summed E-state index contributed by atoms with van der Waals surface area (Å²) < 4.78 is 33.5. The molecule has 1 amide bonds. The molecule has 0 spiro atoms. The van der Waals surface area contributed by atoms with E-state index in [1.165, 1.54) is 27.2 Å². The van der Waals surface area contributed by atoms with Crippen LogP contribution in [0.2, 0.25) is 0 Å². The summed E-state index contributed by atoms with van der Waals surface area (Å²) in [4.78, 5) is 27.6. The minimum absolute atomic E-state index is 0.00976. The highest BCUT2D eigenvalue weighted by molar-refractivity contribution is 7.89. The molecule has 1 saturated carbocycles. The number of aromatic nitrogens is 1. The van der Waals surface area contributed by atoms with Crippen LogP contribution in [0.25, 0.3) is 0 Å². The van der Waals surface area contributed by atoms with Crippen LogP contribution in [0.3, 0.4) is 0 Å². The number of carbonyl (C=O) groups excluding carboxylic acids is 1. The number of amides is 1. The fourth-order valence-corrected chi connectivity index (χ4v) is 5.43. The SMILES string of the molecule is CCN(CC)S(=O)(=O)c1ccc(=O)n(CC(=O)N(Cc2ccc(OC)cc2)C(C)C2CC2)c1. The van der Waals surface area contributed by atoms with Crippen LogP contribution in [0.4, 0.5) is 0 Å². The molecule has 1 aliphatic carbocycles. The molecule has 0 radical (unpaired) electrons. The van der Waals surface area contributed by atoms with Gasteiger partial charge in [0.05, 0.1) is 12.0 Å². The smallest absolute Gasteiger partial charge is 0.251 e. The fourth-order valence-electron chi connectivity index (χ4n) is 3.95. The molecule has 1 unspecified atom stereocenters. The predicted octanol–water partition coefficient (Wildman–Crippen LogP) is 2.71. The highest BCUT2D eigenvalue weighted by atomic mass is 32.2. The van der Waals surface area contributed by atoms with Crippen LogP contribution in [-0.2, 0) is 27.9 Å². The van der Waals surface area contributed by atoms with Crippen molar-refractivity contribution in [1.82, 2.24) is 13.8 Å². The Hall–Kier alpha value is -2.65. The molecule has 0 aliphatic heterocycles. The van der Waals surface area contributed by atoms with E-state index in [9.17, 15) is 18.0 Å². The zero-order valence-electron chi connectivity index (χ0n) is 19.7. The Morgan fingerprint density at radius 1 is 1.12 bits per heavy atom. The summed E-state index contributed by atoms with van der Waals surface area (Å²) in [5, 5.41) is 0. The lowest BCUT2D eigenvalue weighted by Crippen LogP contribution is -2.42. The molecule has 2 aromatic rings. The maximum atomic E-state index is 13.4. The number of rotatable bonds is 11. The van der Waals surface area contributed by atoms with E-state index in [1.807, 2.05) is 31.2 Å². The quantitative estimate of drug-likeness (QED) is 0.499. The van der Waals surface area contributed by atoms with Crippen molar-refractivity contribution >= 4 is 15.9 Å². The summed E-state index contributed by atoms with van der Waals surface area (Å²) in [6.07, 6.45) is 3.43. The Kier molecular flexibility index (Phi) is 7.97. The normalized spacial score (nSPS) is 14.8. The maximum absolute atomic E-state index is 13.4. The number of benzene rings is 1. The summed E-state index contributed by atoms with van der Waals surface area (Å²) in [7, 11) is -2.13. The number of carbonyl (C=O) groups is 1. The second-order valence-corrected chi connectivity index (χ2v) is 10.3. The van der Waals surface area contributed by atoms with Crippen LogP contribution in [0, 0.1) is 5.92 Å². The average Bonchev–Trinajstić information content (AvgIpc) is 3.65. The summed E-state index contributed by atoms with van der Waals surface area (Å²) in [6, 6.07) is 10.1. The molecule has 0 saturated heterocycles. The first-order valence-electron chi connectivity index (χ1n) is 11.3. The first-order chi connectivity index (χ1) is 15.7. The monoisotopic (exact) mass is 475 g/mol. The Morgan fingerprint density at radius 3 is 2.30 bits per heavy atom. The zero-order valence-corrected chi connectivity index (χ0v) is 20.5. The van der Waals surface area contributed by atoms with Crippen molar-refractivity contribution in [3.8, 4) is 5.75 Å². The largest absolute Gasteiger partial charge is 0.497 e. The van der Waals surface area contributed by atoms with Crippen LogP contribution >= 0.6 is 0 Å². The van der Waals surface area contributed by atoms with Crippen LogP contribution < -0.4 is 10.3 Å².